The Bertz CT molecular complexity index is 291. The van der Waals surface area contributed by atoms with Gasteiger partial charge < -0.3 is 4.90 Å². The maximum absolute atomic E-state index is 12.2. The van der Waals surface area contributed by atoms with E-state index in [9.17, 15) is 4.79 Å². The molecule has 0 aliphatic carbocycles. The predicted octanol–water partition coefficient (Wildman–Crippen LogP) is 7.90. The third kappa shape index (κ3) is 16.2. The highest BCUT2D eigenvalue weighted by Crippen LogP contribution is 2.14. The minimum atomic E-state index is -0.918. The highest BCUT2D eigenvalue weighted by molar-refractivity contribution is 6.53. The smallest absolute Gasteiger partial charge is 0.255 e. The van der Waals surface area contributed by atoms with Crippen LogP contribution >= 0.6 is 23.2 Å². The van der Waals surface area contributed by atoms with Crippen molar-refractivity contribution in [3.8, 4) is 0 Å². The van der Waals surface area contributed by atoms with Gasteiger partial charge in [0.2, 0.25) is 0 Å². The summed E-state index contributed by atoms with van der Waals surface area (Å²) in [5.41, 5.74) is 0. The van der Waals surface area contributed by atoms with Gasteiger partial charge in [-0.25, -0.2) is 0 Å². The van der Waals surface area contributed by atoms with Crippen LogP contribution in [-0.4, -0.2) is 28.7 Å². The number of rotatable bonds is 19. The lowest BCUT2D eigenvalue weighted by molar-refractivity contribution is -0.129. The van der Waals surface area contributed by atoms with Crippen LogP contribution in [0.5, 0.6) is 0 Å². The fraction of sp³-hybridized carbons (Fsp3) is 0.955. The molecule has 0 aliphatic rings. The predicted molar refractivity (Wildman–Crippen MR) is 117 cm³/mol. The van der Waals surface area contributed by atoms with Crippen molar-refractivity contribution in [2.24, 2.45) is 0 Å². The molecule has 156 valence electrons. The number of alkyl halides is 2. The third-order valence-electron chi connectivity index (χ3n) is 5.06. The summed E-state index contributed by atoms with van der Waals surface area (Å²) in [6.07, 6.45) is 20.4. The maximum Gasteiger partial charge on any atom is 0.255 e. The quantitative estimate of drug-likeness (QED) is 0.157. The zero-order valence-electron chi connectivity index (χ0n) is 17.4. The Balaban J connectivity index is 3.80. The van der Waals surface area contributed by atoms with Crippen molar-refractivity contribution >= 4 is 29.1 Å². The molecule has 0 spiro atoms. The summed E-state index contributed by atoms with van der Waals surface area (Å²) in [5.74, 6) is -0.112. The van der Waals surface area contributed by atoms with Gasteiger partial charge >= 0.3 is 0 Å². The van der Waals surface area contributed by atoms with Gasteiger partial charge in [-0.2, -0.15) is 0 Å². The van der Waals surface area contributed by atoms with Crippen molar-refractivity contribution in [2.75, 3.05) is 13.1 Å². The second kappa shape index (κ2) is 19.8. The van der Waals surface area contributed by atoms with Gasteiger partial charge in [-0.15, -0.1) is 0 Å². The van der Waals surface area contributed by atoms with Crippen LogP contribution in [-0.2, 0) is 4.79 Å². The van der Waals surface area contributed by atoms with E-state index in [1.807, 2.05) is 4.90 Å². The van der Waals surface area contributed by atoms with E-state index in [1.165, 1.54) is 89.9 Å². The fourth-order valence-corrected chi connectivity index (χ4v) is 3.62. The van der Waals surface area contributed by atoms with Crippen LogP contribution in [0.4, 0.5) is 0 Å². The monoisotopic (exact) mass is 407 g/mol. The van der Waals surface area contributed by atoms with Crippen molar-refractivity contribution in [1.29, 1.82) is 0 Å². The molecule has 1 amide bonds. The Morgan fingerprint density at radius 3 is 1.23 bits per heavy atom. The molecule has 0 aromatic heterocycles. The first-order chi connectivity index (χ1) is 12.6. The van der Waals surface area contributed by atoms with Gasteiger partial charge in [-0.05, 0) is 12.8 Å². The summed E-state index contributed by atoms with van der Waals surface area (Å²) >= 11 is 11.6. The molecule has 0 saturated carbocycles. The van der Waals surface area contributed by atoms with Crippen LogP contribution < -0.4 is 0 Å². The van der Waals surface area contributed by atoms with E-state index < -0.39 is 4.84 Å². The number of carbonyl (C=O) groups excluding carboxylic acids is 1. The SMILES string of the molecule is CCCCCCCCCCN(CCCCCCCCCC)C(=O)C(Cl)Cl. The molecule has 0 aromatic rings. The molecule has 0 unspecified atom stereocenters. The molecule has 0 N–H and O–H groups in total. The lowest BCUT2D eigenvalue weighted by Gasteiger charge is -2.23. The summed E-state index contributed by atoms with van der Waals surface area (Å²) in [5, 5.41) is 0. The first kappa shape index (κ1) is 26.1. The molecule has 0 fully saturated rings. The molecular formula is C22H43Cl2NO. The molecule has 0 heterocycles. The number of halogens is 2. The Morgan fingerprint density at radius 2 is 0.923 bits per heavy atom. The topological polar surface area (TPSA) is 20.3 Å². The van der Waals surface area contributed by atoms with Gasteiger partial charge in [0.1, 0.15) is 0 Å². The molecular weight excluding hydrogens is 365 g/mol. The van der Waals surface area contributed by atoms with Crippen molar-refractivity contribution < 1.29 is 4.79 Å². The number of carbonyl (C=O) groups is 1. The van der Waals surface area contributed by atoms with E-state index in [0.717, 1.165) is 25.9 Å². The molecule has 26 heavy (non-hydrogen) atoms. The van der Waals surface area contributed by atoms with E-state index in [2.05, 4.69) is 13.8 Å². The van der Waals surface area contributed by atoms with Gasteiger partial charge in [0.25, 0.3) is 5.91 Å². The van der Waals surface area contributed by atoms with Crippen LogP contribution in [0.2, 0.25) is 0 Å². The van der Waals surface area contributed by atoms with Crippen LogP contribution in [0.3, 0.4) is 0 Å². The standard InChI is InChI=1S/C22H43Cl2NO/c1-3-5-7-9-11-13-15-17-19-25(22(26)21(23)24)20-18-16-14-12-10-8-6-4-2/h21H,3-20H2,1-2H3. The van der Waals surface area contributed by atoms with E-state index in [1.54, 1.807) is 0 Å². The first-order valence-electron chi connectivity index (χ1n) is 11.2. The van der Waals surface area contributed by atoms with Gasteiger partial charge in [-0.3, -0.25) is 4.79 Å². The van der Waals surface area contributed by atoms with Crippen molar-refractivity contribution in [3.05, 3.63) is 0 Å². The van der Waals surface area contributed by atoms with Gasteiger partial charge in [0.05, 0.1) is 0 Å². The van der Waals surface area contributed by atoms with Crippen molar-refractivity contribution in [2.45, 2.75) is 121 Å². The Labute approximate surface area is 173 Å². The number of nitrogens with zero attached hydrogens (tertiary/aromatic N) is 1. The number of hydrogen-bond acceptors (Lipinski definition) is 1. The summed E-state index contributed by atoms with van der Waals surface area (Å²) in [4.78, 5) is 13.2. The molecule has 0 rings (SSSR count). The minimum Gasteiger partial charge on any atom is -0.340 e. The summed E-state index contributed by atoms with van der Waals surface area (Å²) in [7, 11) is 0. The molecule has 0 atom stereocenters. The van der Waals surface area contributed by atoms with Crippen molar-refractivity contribution in [1.82, 2.24) is 4.90 Å². The summed E-state index contributed by atoms with van der Waals surface area (Å²) in [6, 6.07) is 0. The van der Waals surface area contributed by atoms with E-state index in [-0.39, 0.29) is 5.91 Å². The Kier molecular flexibility index (Phi) is 19.8. The lowest BCUT2D eigenvalue weighted by atomic mass is 10.1. The molecule has 0 aliphatic heterocycles. The van der Waals surface area contributed by atoms with Crippen LogP contribution in [0, 0.1) is 0 Å². The fourth-order valence-electron chi connectivity index (χ4n) is 3.34. The van der Waals surface area contributed by atoms with Crippen LogP contribution in [0.1, 0.15) is 117 Å². The highest BCUT2D eigenvalue weighted by Gasteiger charge is 2.19. The Morgan fingerprint density at radius 1 is 0.615 bits per heavy atom. The zero-order valence-corrected chi connectivity index (χ0v) is 18.9. The van der Waals surface area contributed by atoms with Crippen molar-refractivity contribution in [3.63, 3.8) is 0 Å². The molecule has 4 heteroatoms. The van der Waals surface area contributed by atoms with Gasteiger partial charge in [0, 0.05) is 13.1 Å². The highest BCUT2D eigenvalue weighted by atomic mass is 35.5. The van der Waals surface area contributed by atoms with E-state index in [0.29, 0.717) is 0 Å². The van der Waals surface area contributed by atoms with Gasteiger partial charge in [0.15, 0.2) is 4.84 Å². The normalized spacial score (nSPS) is 11.3. The summed E-state index contributed by atoms with van der Waals surface area (Å²) < 4.78 is 0. The second-order valence-corrected chi connectivity index (χ2v) is 8.67. The largest absolute Gasteiger partial charge is 0.340 e. The molecule has 0 radical (unpaired) electrons. The molecule has 0 aromatic carbocycles. The average molecular weight is 408 g/mol. The minimum absolute atomic E-state index is 0.112. The third-order valence-corrected chi connectivity index (χ3v) is 5.43. The van der Waals surface area contributed by atoms with E-state index in [4.69, 9.17) is 23.2 Å². The van der Waals surface area contributed by atoms with E-state index >= 15 is 0 Å². The number of amides is 1. The average Bonchev–Trinajstić information content (AvgIpc) is 2.63. The molecule has 2 nitrogen and oxygen atoms in total. The number of unbranched alkanes of at least 4 members (excludes halogenated alkanes) is 14. The van der Waals surface area contributed by atoms with Crippen LogP contribution in [0.25, 0.3) is 0 Å². The summed E-state index contributed by atoms with van der Waals surface area (Å²) in [6.45, 7) is 6.11. The number of hydrogen-bond donors (Lipinski definition) is 0. The molecule has 0 saturated heterocycles. The lowest BCUT2D eigenvalue weighted by Crippen LogP contribution is -2.36. The zero-order chi connectivity index (χ0) is 19.5. The molecule has 0 bridgehead atoms. The van der Waals surface area contributed by atoms with Gasteiger partial charge in [-0.1, -0.05) is 127 Å². The second-order valence-electron chi connectivity index (χ2n) is 7.58. The Hall–Kier alpha value is 0.0500. The van der Waals surface area contributed by atoms with Crippen LogP contribution in [0.15, 0.2) is 0 Å². The first-order valence-corrected chi connectivity index (χ1v) is 12.1. The maximum atomic E-state index is 12.2.